The number of aromatic nitrogens is 1. The molecule has 0 bridgehead atoms. The van der Waals surface area contributed by atoms with E-state index in [0.717, 1.165) is 6.42 Å². The minimum absolute atomic E-state index is 0.00186. The molecule has 2 unspecified atom stereocenters. The van der Waals surface area contributed by atoms with Crippen molar-refractivity contribution in [3.63, 3.8) is 0 Å². The summed E-state index contributed by atoms with van der Waals surface area (Å²) in [5.74, 6) is 0.745. The van der Waals surface area contributed by atoms with Crippen molar-refractivity contribution in [3.8, 4) is 0 Å². The average Bonchev–Trinajstić information content (AvgIpc) is 2.95. The quantitative estimate of drug-likeness (QED) is 0.735. The van der Waals surface area contributed by atoms with E-state index in [4.69, 9.17) is 5.73 Å². The standard InChI is InChI=1S/C10H13N3O/c1-13(9-4-2-3-5-12-9)10(14)7-6-8(7)11/h2-5,7-8H,6,11H2,1H3. The predicted octanol–water partition coefficient (Wildman–Crippen LogP) is 0.392. The lowest BCUT2D eigenvalue weighted by Gasteiger charge is -2.15. The van der Waals surface area contributed by atoms with Gasteiger partial charge in [-0.25, -0.2) is 4.98 Å². The molecule has 0 radical (unpaired) electrons. The van der Waals surface area contributed by atoms with Gasteiger partial charge in [0.1, 0.15) is 5.82 Å². The molecule has 1 fully saturated rings. The number of carbonyl (C=O) groups excluding carboxylic acids is 1. The molecule has 4 heteroatoms. The van der Waals surface area contributed by atoms with Crippen LogP contribution in [0.5, 0.6) is 0 Å². The van der Waals surface area contributed by atoms with Gasteiger partial charge < -0.3 is 5.73 Å². The normalized spacial score (nSPS) is 24.4. The van der Waals surface area contributed by atoms with E-state index in [1.165, 1.54) is 0 Å². The van der Waals surface area contributed by atoms with Crippen LogP contribution in [0.25, 0.3) is 0 Å². The fraction of sp³-hybridized carbons (Fsp3) is 0.400. The van der Waals surface area contributed by atoms with Gasteiger partial charge >= 0.3 is 0 Å². The second-order valence-corrected chi connectivity index (χ2v) is 3.59. The van der Waals surface area contributed by atoms with Crippen LogP contribution >= 0.6 is 0 Å². The molecule has 0 saturated heterocycles. The van der Waals surface area contributed by atoms with Crippen LogP contribution in [0, 0.1) is 5.92 Å². The summed E-state index contributed by atoms with van der Waals surface area (Å²) in [5, 5.41) is 0. The summed E-state index contributed by atoms with van der Waals surface area (Å²) in [7, 11) is 1.73. The molecule has 1 amide bonds. The number of hydrogen-bond donors (Lipinski definition) is 1. The summed E-state index contributed by atoms with van der Waals surface area (Å²) in [6.07, 6.45) is 2.47. The largest absolute Gasteiger partial charge is 0.327 e. The Labute approximate surface area is 82.7 Å². The van der Waals surface area contributed by atoms with Crippen molar-refractivity contribution < 1.29 is 4.79 Å². The molecular formula is C10H13N3O. The highest BCUT2D eigenvalue weighted by molar-refractivity contribution is 5.95. The molecule has 2 N–H and O–H groups in total. The third-order valence-electron chi connectivity index (χ3n) is 2.48. The molecule has 0 spiro atoms. The van der Waals surface area contributed by atoms with Gasteiger partial charge in [0.25, 0.3) is 0 Å². The van der Waals surface area contributed by atoms with E-state index in [9.17, 15) is 4.79 Å². The maximum atomic E-state index is 11.7. The Morgan fingerprint density at radius 1 is 1.64 bits per heavy atom. The van der Waals surface area contributed by atoms with Crippen molar-refractivity contribution >= 4 is 11.7 Å². The molecule has 1 heterocycles. The zero-order chi connectivity index (χ0) is 10.1. The van der Waals surface area contributed by atoms with Gasteiger partial charge in [-0.2, -0.15) is 0 Å². The first-order valence-electron chi connectivity index (χ1n) is 4.64. The number of nitrogens with two attached hydrogens (primary N) is 1. The molecule has 1 saturated carbocycles. The highest BCUT2D eigenvalue weighted by Crippen LogP contribution is 2.30. The van der Waals surface area contributed by atoms with Crippen LogP contribution in [0.3, 0.4) is 0 Å². The van der Waals surface area contributed by atoms with Crippen molar-refractivity contribution in [2.24, 2.45) is 11.7 Å². The van der Waals surface area contributed by atoms with E-state index in [2.05, 4.69) is 4.98 Å². The number of amides is 1. The number of pyridine rings is 1. The lowest BCUT2D eigenvalue weighted by Crippen LogP contribution is -2.30. The van der Waals surface area contributed by atoms with Crippen LogP contribution in [-0.2, 0) is 4.79 Å². The summed E-state index contributed by atoms with van der Waals surface area (Å²) >= 11 is 0. The van der Waals surface area contributed by atoms with E-state index < -0.39 is 0 Å². The molecule has 2 rings (SSSR count). The second-order valence-electron chi connectivity index (χ2n) is 3.59. The SMILES string of the molecule is CN(C(=O)C1CC1N)c1ccccn1. The Bertz CT molecular complexity index is 338. The first kappa shape index (κ1) is 9.15. The minimum atomic E-state index is 0.00186. The summed E-state index contributed by atoms with van der Waals surface area (Å²) in [4.78, 5) is 17.4. The van der Waals surface area contributed by atoms with Crippen LogP contribution in [0.1, 0.15) is 6.42 Å². The van der Waals surface area contributed by atoms with Crippen molar-refractivity contribution in [2.75, 3.05) is 11.9 Å². The van der Waals surface area contributed by atoms with Crippen LogP contribution < -0.4 is 10.6 Å². The Hall–Kier alpha value is -1.42. The Kier molecular flexibility index (Phi) is 2.21. The lowest BCUT2D eigenvalue weighted by atomic mass is 10.3. The number of rotatable bonds is 2. The maximum Gasteiger partial charge on any atom is 0.232 e. The summed E-state index contributed by atoms with van der Waals surface area (Å²) in [6.45, 7) is 0. The third-order valence-corrected chi connectivity index (χ3v) is 2.48. The van der Waals surface area contributed by atoms with E-state index in [-0.39, 0.29) is 17.9 Å². The Morgan fingerprint density at radius 3 is 2.86 bits per heavy atom. The van der Waals surface area contributed by atoms with Crippen LogP contribution in [-0.4, -0.2) is 24.0 Å². The molecule has 0 aromatic carbocycles. The second kappa shape index (κ2) is 3.38. The Morgan fingerprint density at radius 2 is 2.36 bits per heavy atom. The number of carbonyl (C=O) groups is 1. The number of hydrogen-bond acceptors (Lipinski definition) is 3. The summed E-state index contributed by atoms with van der Waals surface area (Å²) in [6, 6.07) is 5.55. The van der Waals surface area contributed by atoms with Crippen molar-refractivity contribution in [3.05, 3.63) is 24.4 Å². The van der Waals surface area contributed by atoms with Crippen molar-refractivity contribution in [2.45, 2.75) is 12.5 Å². The molecule has 4 nitrogen and oxygen atoms in total. The van der Waals surface area contributed by atoms with Gasteiger partial charge in [-0.1, -0.05) is 6.07 Å². The van der Waals surface area contributed by atoms with E-state index in [1.54, 1.807) is 18.1 Å². The van der Waals surface area contributed by atoms with Crippen molar-refractivity contribution in [1.29, 1.82) is 0 Å². The van der Waals surface area contributed by atoms with Crippen molar-refractivity contribution in [1.82, 2.24) is 4.98 Å². The molecule has 1 aliphatic carbocycles. The van der Waals surface area contributed by atoms with E-state index in [0.29, 0.717) is 5.82 Å². The first-order chi connectivity index (χ1) is 6.70. The third kappa shape index (κ3) is 1.61. The highest BCUT2D eigenvalue weighted by Gasteiger charge is 2.41. The molecule has 1 aromatic heterocycles. The van der Waals surface area contributed by atoms with Gasteiger partial charge in [-0.05, 0) is 18.6 Å². The number of nitrogens with zero attached hydrogens (tertiary/aromatic N) is 2. The van der Waals surface area contributed by atoms with Gasteiger partial charge in [0, 0.05) is 19.3 Å². The molecule has 1 aromatic rings. The van der Waals surface area contributed by atoms with Crippen LogP contribution in [0.2, 0.25) is 0 Å². The molecule has 2 atom stereocenters. The van der Waals surface area contributed by atoms with E-state index in [1.807, 2.05) is 18.2 Å². The fourth-order valence-corrected chi connectivity index (χ4v) is 1.41. The molecule has 14 heavy (non-hydrogen) atoms. The van der Waals surface area contributed by atoms with Gasteiger partial charge in [0.2, 0.25) is 5.91 Å². The fourth-order valence-electron chi connectivity index (χ4n) is 1.41. The molecule has 0 aliphatic heterocycles. The van der Waals surface area contributed by atoms with Gasteiger partial charge in [-0.3, -0.25) is 9.69 Å². The van der Waals surface area contributed by atoms with Gasteiger partial charge in [0.15, 0.2) is 0 Å². The monoisotopic (exact) mass is 191 g/mol. The van der Waals surface area contributed by atoms with Crippen LogP contribution in [0.4, 0.5) is 5.82 Å². The summed E-state index contributed by atoms with van der Waals surface area (Å²) in [5.41, 5.74) is 5.62. The van der Waals surface area contributed by atoms with Gasteiger partial charge in [-0.15, -0.1) is 0 Å². The highest BCUT2D eigenvalue weighted by atomic mass is 16.2. The maximum absolute atomic E-state index is 11.7. The predicted molar refractivity (Wildman–Crippen MR) is 53.7 cm³/mol. The summed E-state index contributed by atoms with van der Waals surface area (Å²) < 4.78 is 0. The zero-order valence-electron chi connectivity index (χ0n) is 8.05. The smallest absolute Gasteiger partial charge is 0.232 e. The lowest BCUT2D eigenvalue weighted by molar-refractivity contribution is -0.119. The zero-order valence-corrected chi connectivity index (χ0v) is 8.05. The molecule has 1 aliphatic rings. The van der Waals surface area contributed by atoms with Crippen LogP contribution in [0.15, 0.2) is 24.4 Å². The Balaban J connectivity index is 2.09. The first-order valence-corrected chi connectivity index (χ1v) is 4.64. The topological polar surface area (TPSA) is 59.2 Å². The number of anilines is 1. The minimum Gasteiger partial charge on any atom is -0.327 e. The molecular weight excluding hydrogens is 178 g/mol. The average molecular weight is 191 g/mol. The molecule has 74 valence electrons. The van der Waals surface area contributed by atoms with Gasteiger partial charge in [0.05, 0.1) is 5.92 Å². The van der Waals surface area contributed by atoms with E-state index >= 15 is 0 Å².